The smallest absolute Gasteiger partial charge is 0.453 e. The lowest BCUT2D eigenvalue weighted by Gasteiger charge is -2.28. The Balaban J connectivity index is 0.618. The molecule has 1 fully saturated rings. The number of carbonyl (C=O) groups is 4. The minimum Gasteiger partial charge on any atom is -0.453 e. The highest BCUT2D eigenvalue weighted by Gasteiger charge is 2.38. The molecule has 0 spiro atoms. The molecule has 27 heteroatoms. The maximum absolute atomic E-state index is 14.1. The average molecular weight is 1240 g/mol. The van der Waals surface area contributed by atoms with Crippen molar-refractivity contribution in [2.24, 2.45) is 5.90 Å². The fraction of sp³-hybridized carbons (Fsp3) is 0.433. The number of imide groups is 1. The van der Waals surface area contributed by atoms with Gasteiger partial charge in [-0.1, -0.05) is 60.5 Å². The molecule has 25 nitrogen and oxygen atoms in total. The number of likely N-dealkylation sites (N-methyl/N-ethyl adjacent to an activating group) is 1. The monoisotopic (exact) mass is 1240 g/mol. The van der Waals surface area contributed by atoms with E-state index in [-0.39, 0.29) is 74.6 Å². The van der Waals surface area contributed by atoms with Gasteiger partial charge in [0.15, 0.2) is 11.0 Å². The van der Waals surface area contributed by atoms with Crippen LogP contribution in [0.2, 0.25) is 0 Å². The topological polar surface area (TPSA) is 308 Å². The molecule has 0 bridgehead atoms. The first-order valence-electron chi connectivity index (χ1n) is 29.0. The lowest BCUT2D eigenvalue weighted by molar-refractivity contribution is -0.138. The highest BCUT2D eigenvalue weighted by atomic mass is 32.2. The van der Waals surface area contributed by atoms with E-state index in [1.807, 2.05) is 90.6 Å². The highest BCUT2D eigenvalue weighted by molar-refractivity contribution is 8.00. The summed E-state index contributed by atoms with van der Waals surface area (Å²) in [6.45, 7) is 5.57. The molecule has 4 aromatic carbocycles. The second-order valence-electron chi connectivity index (χ2n) is 20.5. The van der Waals surface area contributed by atoms with Crippen LogP contribution in [-0.4, -0.2) is 169 Å². The van der Waals surface area contributed by atoms with Crippen LogP contribution in [0.25, 0.3) is 55.8 Å². The Hall–Kier alpha value is -7.20. The van der Waals surface area contributed by atoms with Crippen LogP contribution in [0.3, 0.4) is 0 Å². The molecule has 0 saturated carbocycles. The Morgan fingerprint density at radius 1 is 0.816 bits per heavy atom. The van der Waals surface area contributed by atoms with Crippen molar-refractivity contribution >= 4 is 76.6 Å². The summed E-state index contributed by atoms with van der Waals surface area (Å²) in [6.07, 6.45) is 4.39. The summed E-state index contributed by atoms with van der Waals surface area (Å²) in [5.74, 6) is 4.60. The van der Waals surface area contributed by atoms with Crippen molar-refractivity contribution < 1.29 is 65.9 Å². The number of imidazole rings is 1. The number of amides is 4. The Kier molecular flexibility index (Phi) is 23.8. The van der Waals surface area contributed by atoms with Crippen LogP contribution < -0.4 is 26.4 Å². The molecule has 2 aliphatic rings. The van der Waals surface area contributed by atoms with Crippen LogP contribution in [0.15, 0.2) is 107 Å². The summed E-state index contributed by atoms with van der Waals surface area (Å²) in [4.78, 5) is 87.2. The second-order valence-corrected chi connectivity index (χ2v) is 23.2. The number of thioether (sulfide) groups is 1. The number of phosphoric acid groups is 1. The molecule has 2 unspecified atom stereocenters. The van der Waals surface area contributed by atoms with Crippen LogP contribution in [0.1, 0.15) is 50.5 Å². The zero-order chi connectivity index (χ0) is 61.0. The van der Waals surface area contributed by atoms with E-state index in [4.69, 9.17) is 38.5 Å². The van der Waals surface area contributed by atoms with E-state index in [2.05, 4.69) is 35.1 Å². The molecule has 7 aromatic rings. The maximum Gasteiger partial charge on any atom is 0.488 e. The van der Waals surface area contributed by atoms with Gasteiger partial charge in [0.05, 0.1) is 120 Å². The van der Waals surface area contributed by atoms with E-state index < -0.39 is 13.1 Å². The third kappa shape index (κ3) is 17.5. The fourth-order valence-corrected chi connectivity index (χ4v) is 11.7. The summed E-state index contributed by atoms with van der Waals surface area (Å²) in [6, 6.07) is 28.3. The van der Waals surface area contributed by atoms with E-state index in [0.29, 0.717) is 125 Å². The number of nitrogens with two attached hydrogens (primary N) is 1. The maximum atomic E-state index is 14.1. The van der Waals surface area contributed by atoms with Crippen molar-refractivity contribution in [1.29, 1.82) is 0 Å². The van der Waals surface area contributed by atoms with E-state index in [1.165, 1.54) is 17.8 Å². The van der Waals surface area contributed by atoms with Crippen LogP contribution in [0, 0.1) is 0 Å². The number of carbonyl (C=O) groups excluding carboxylic acids is 4. The summed E-state index contributed by atoms with van der Waals surface area (Å²) in [5, 5.41) is 11.9. The van der Waals surface area contributed by atoms with Gasteiger partial charge in [-0.2, -0.15) is 0 Å². The zero-order valence-corrected chi connectivity index (χ0v) is 50.2. The number of benzene rings is 4. The predicted octanol–water partition coefficient (Wildman–Crippen LogP) is 6.65. The van der Waals surface area contributed by atoms with E-state index in [0.717, 1.165) is 63.3 Å². The first-order chi connectivity index (χ1) is 42.4. The highest BCUT2D eigenvalue weighted by Crippen LogP contribution is 2.42. The zero-order valence-electron chi connectivity index (χ0n) is 48.5. The van der Waals surface area contributed by atoms with Gasteiger partial charge in [0.25, 0.3) is 0 Å². The van der Waals surface area contributed by atoms with Gasteiger partial charge in [-0.25, -0.2) is 24.8 Å². The quantitative estimate of drug-likeness (QED) is 0.0138. The number of unbranched alkanes of at least 4 members (excludes halogenated alkanes) is 3. The lowest BCUT2D eigenvalue weighted by atomic mass is 9.95. The number of ether oxygens (including phenoxy) is 5. The Bertz CT molecular complexity index is 3550. The van der Waals surface area contributed by atoms with Crippen molar-refractivity contribution in [2.75, 3.05) is 115 Å². The van der Waals surface area contributed by atoms with Crippen molar-refractivity contribution in [3.63, 3.8) is 0 Å². The molecule has 1 saturated heterocycles. The van der Waals surface area contributed by atoms with Gasteiger partial charge in [0, 0.05) is 74.4 Å². The molecule has 9 rings (SSSR count). The largest absolute Gasteiger partial charge is 0.488 e. The molecule has 0 radical (unpaired) electrons. The van der Waals surface area contributed by atoms with Crippen LogP contribution in [0.4, 0.5) is 11.4 Å². The second kappa shape index (κ2) is 32.2. The number of fused-ring (bicyclic) bond motifs is 8. The van der Waals surface area contributed by atoms with Crippen molar-refractivity contribution in [1.82, 2.24) is 35.2 Å². The van der Waals surface area contributed by atoms with Gasteiger partial charge >= 0.3 is 7.82 Å². The number of hydrogen-bond donors (Lipinski definition) is 4. The van der Waals surface area contributed by atoms with Gasteiger partial charge in [-0.3, -0.25) is 33.4 Å². The van der Waals surface area contributed by atoms with Crippen molar-refractivity contribution in [3.05, 3.63) is 113 Å². The minimum atomic E-state index is -4.20. The molecule has 5 heterocycles. The minimum absolute atomic E-state index is 0.00300. The molecule has 3 aromatic heterocycles. The molecule has 87 heavy (non-hydrogen) atoms. The molecular formula is C60H73N10O15PS. The first-order valence-corrected chi connectivity index (χ1v) is 31.5. The van der Waals surface area contributed by atoms with Crippen LogP contribution in [-0.2, 0) is 69.7 Å². The number of H-pyrrole nitrogens is 1. The molecule has 2 atom stereocenters. The number of hydrogen-bond acceptors (Lipinski definition) is 20. The van der Waals surface area contributed by atoms with Gasteiger partial charge in [-0.15, -0.1) is 16.9 Å². The number of nitrogens with one attached hydrogen (secondary N) is 2. The molecule has 5 N–H and O–H groups in total. The number of aromatic amines is 1. The number of nitrogens with zero attached hydrogens (tertiary/aromatic N) is 7. The summed E-state index contributed by atoms with van der Waals surface area (Å²) in [7, 11) is -2.21. The van der Waals surface area contributed by atoms with Crippen molar-refractivity contribution in [3.8, 4) is 33.8 Å². The third-order valence-corrected chi connectivity index (χ3v) is 16.7. The summed E-state index contributed by atoms with van der Waals surface area (Å²) >= 11 is 1.40. The van der Waals surface area contributed by atoms with Crippen LogP contribution in [0.5, 0.6) is 0 Å². The van der Waals surface area contributed by atoms with Gasteiger partial charge in [0.1, 0.15) is 17.0 Å². The number of likely N-dealkylation sites (tertiary alicyclic amines) is 1. The van der Waals surface area contributed by atoms with E-state index >= 15 is 0 Å². The normalized spacial score (nSPS) is 14.7. The molecule has 0 aliphatic carbocycles. The third-order valence-electron chi connectivity index (χ3n) is 14.6. The molecule has 4 amide bonds. The first kappa shape index (κ1) is 64.3. The Morgan fingerprint density at radius 2 is 1.51 bits per heavy atom. The number of rotatable bonds is 36. The van der Waals surface area contributed by atoms with E-state index in [9.17, 15) is 33.4 Å². The predicted molar refractivity (Wildman–Crippen MR) is 326 cm³/mol. The van der Waals surface area contributed by atoms with Gasteiger partial charge in [0.2, 0.25) is 23.6 Å². The number of phosphoric ester groups is 1. The lowest BCUT2D eigenvalue weighted by Crippen LogP contribution is -2.37. The van der Waals surface area contributed by atoms with Crippen LogP contribution >= 0.6 is 19.6 Å². The number of anilines is 2. The molecule has 2 aliphatic heterocycles. The summed E-state index contributed by atoms with van der Waals surface area (Å²) in [5.41, 5.74) is 8.13. The Labute approximate surface area is 506 Å². The molecular weight excluding hydrogens is 1160 g/mol. The number of aromatic nitrogens is 5. The fourth-order valence-electron chi connectivity index (χ4n) is 10.1. The van der Waals surface area contributed by atoms with Crippen molar-refractivity contribution in [2.45, 2.75) is 63.3 Å². The Morgan fingerprint density at radius 3 is 2.25 bits per heavy atom. The van der Waals surface area contributed by atoms with Gasteiger partial charge in [-0.05, 0) is 66.6 Å². The molecule has 464 valence electrons. The van der Waals surface area contributed by atoms with Gasteiger partial charge < -0.3 is 53.1 Å². The standard InChI is InChI=1S/C60H73N10O15PS/c1-67(44-16-14-42(15-17-44)51-38-50(71)47-18-19-48-57(59(47)84-51)64-41-63-48)24-27-78-29-31-80-33-35-82-36-34-81-32-30-79-28-25-70-58-45-11-5-4-10-43(45)40-69(49-13-7-6-12-46(49)56(58)65-66-70)54(73)20-22-62-53(72)21-23-68-55(74)39-52(60(68)75)87-37-9-3-2-8-26-83-86(76,77)85-61/h4-7,10-19,38,41,52H,2-3,8-9,20-37,39-40,61H2,1H3,(H,62,72)(H,63,64)(H,76,77). The SMILES string of the molecule is CN(CCOCCOCCOCCOCCOCCn1nnc2c1-c1ccccc1CN(C(=O)CCNC(=O)CCN1C(=O)CC(SCCCCCCOP(=O)(O)ON)C1=O)c1ccccc1-2)c1ccc(-c2cc(=O)c3ccc4[nH]cnc4c3o2)cc1. The average Bonchev–Trinajstić information content (AvgIpc) is 2.81. The summed E-state index contributed by atoms with van der Waals surface area (Å²) < 4.78 is 56.7. The van der Waals surface area contributed by atoms with E-state index in [1.54, 1.807) is 17.3 Å². The number of para-hydroxylation sites is 1.